The maximum Gasteiger partial charge on any atom is 0.204 e. The Bertz CT molecular complexity index is 1110. The maximum atomic E-state index is 6.24. The molecule has 0 aliphatic carbocycles. The van der Waals surface area contributed by atoms with E-state index in [-0.39, 0.29) is 10.8 Å². The second-order valence-electron chi connectivity index (χ2n) is 9.25. The van der Waals surface area contributed by atoms with Gasteiger partial charge in [-0.2, -0.15) is 10.4 Å². The molecule has 2 N–H and O–H groups in total. The fraction of sp³-hybridized carbons (Fsp3) is 0.364. The van der Waals surface area contributed by atoms with Crippen LogP contribution >= 0.6 is 11.6 Å². The van der Waals surface area contributed by atoms with Gasteiger partial charge < -0.3 is 0 Å². The Morgan fingerprint density at radius 2 is 1.29 bits per heavy atom. The van der Waals surface area contributed by atoms with Crippen LogP contribution in [0.15, 0.2) is 42.5 Å². The normalized spacial score (nSPS) is 11.7. The molecule has 0 saturated heterocycles. The molecule has 0 saturated carbocycles. The fourth-order valence-corrected chi connectivity index (χ4v) is 3.42. The quantitative estimate of drug-likeness (QED) is 0.456. The lowest BCUT2D eigenvalue weighted by atomic mass is 9.86. The van der Waals surface area contributed by atoms with E-state index in [1.807, 2.05) is 30.3 Å². The van der Waals surface area contributed by atoms with Crippen LogP contribution in [0, 0.1) is 0 Å². The molecule has 0 aliphatic rings. The SMILES string of the molecule is CC(C)(C)c1ccc(-c2nn[nH]n2)cc1Cl.CC(C)(C)c1cccc(-c2nn[nH]n2)c1. The van der Waals surface area contributed by atoms with Gasteiger partial charge in [0.25, 0.3) is 0 Å². The van der Waals surface area contributed by atoms with Gasteiger partial charge in [0.15, 0.2) is 0 Å². The number of nitrogens with one attached hydrogen (secondary N) is 2. The van der Waals surface area contributed by atoms with E-state index in [0.717, 1.165) is 21.7 Å². The fourth-order valence-electron chi connectivity index (χ4n) is 2.96. The van der Waals surface area contributed by atoms with Gasteiger partial charge in [-0.15, -0.1) is 20.4 Å². The van der Waals surface area contributed by atoms with Gasteiger partial charge in [-0.05, 0) is 44.5 Å². The van der Waals surface area contributed by atoms with E-state index in [1.165, 1.54) is 5.56 Å². The summed E-state index contributed by atoms with van der Waals surface area (Å²) in [5.74, 6) is 1.20. The highest BCUT2D eigenvalue weighted by Gasteiger charge is 2.18. The number of hydrogen-bond donors (Lipinski definition) is 2. The van der Waals surface area contributed by atoms with Crippen LogP contribution in [0.4, 0.5) is 0 Å². The minimum absolute atomic E-state index is 0.0346. The molecule has 0 spiro atoms. The smallest absolute Gasteiger partial charge is 0.177 e. The molecular weight excluding hydrogens is 412 g/mol. The minimum Gasteiger partial charge on any atom is -0.177 e. The number of nitrogens with zero attached hydrogens (tertiary/aromatic N) is 6. The molecule has 0 unspecified atom stereocenters. The standard InChI is InChI=1S/C11H13ClN4.C11H14N4/c1-11(2,3)8-5-4-7(6-9(8)12)10-13-15-16-14-10;1-11(2,3)9-6-4-5-8(7-9)10-12-14-15-13-10/h4-6H,1-3H3,(H,13,14,15,16);4-7H,1-3H3,(H,12,13,14,15). The first-order valence-corrected chi connectivity index (χ1v) is 10.3. The molecule has 0 fully saturated rings. The molecule has 0 aliphatic heterocycles. The van der Waals surface area contributed by atoms with Crippen molar-refractivity contribution in [3.63, 3.8) is 0 Å². The Hall–Kier alpha value is -3.13. The first-order valence-electron chi connectivity index (χ1n) is 9.94. The number of aromatic nitrogens is 8. The van der Waals surface area contributed by atoms with Gasteiger partial charge in [-0.25, -0.2) is 0 Å². The number of benzene rings is 2. The molecule has 4 aromatic rings. The van der Waals surface area contributed by atoms with Crippen molar-refractivity contribution in [2.45, 2.75) is 52.4 Å². The van der Waals surface area contributed by atoms with Crippen molar-refractivity contribution in [3.05, 3.63) is 58.6 Å². The molecule has 162 valence electrons. The van der Waals surface area contributed by atoms with Crippen LogP contribution in [0.3, 0.4) is 0 Å². The van der Waals surface area contributed by atoms with E-state index in [0.29, 0.717) is 11.6 Å². The highest BCUT2D eigenvalue weighted by Crippen LogP contribution is 2.32. The van der Waals surface area contributed by atoms with Gasteiger partial charge in [-0.1, -0.05) is 83.5 Å². The number of H-pyrrole nitrogens is 2. The summed E-state index contributed by atoms with van der Waals surface area (Å²) in [4.78, 5) is 0. The van der Waals surface area contributed by atoms with Gasteiger partial charge in [0, 0.05) is 16.1 Å². The van der Waals surface area contributed by atoms with E-state index in [1.54, 1.807) is 0 Å². The van der Waals surface area contributed by atoms with Crippen molar-refractivity contribution in [1.82, 2.24) is 41.2 Å². The van der Waals surface area contributed by atoms with Gasteiger partial charge in [0.05, 0.1) is 0 Å². The molecule has 2 heterocycles. The van der Waals surface area contributed by atoms with Gasteiger partial charge in [-0.3, -0.25) is 0 Å². The van der Waals surface area contributed by atoms with Crippen LogP contribution in [0.1, 0.15) is 52.7 Å². The summed E-state index contributed by atoms with van der Waals surface area (Å²) in [7, 11) is 0. The van der Waals surface area contributed by atoms with Crippen LogP contribution < -0.4 is 0 Å². The molecule has 0 amide bonds. The molecule has 2 aromatic carbocycles. The Morgan fingerprint density at radius 1 is 0.710 bits per heavy atom. The van der Waals surface area contributed by atoms with Gasteiger partial charge in [0.1, 0.15) is 0 Å². The van der Waals surface area contributed by atoms with E-state index < -0.39 is 0 Å². The topological polar surface area (TPSA) is 109 Å². The predicted molar refractivity (Wildman–Crippen MR) is 122 cm³/mol. The summed E-state index contributed by atoms with van der Waals surface area (Å²) in [5, 5.41) is 28.4. The highest BCUT2D eigenvalue weighted by atomic mass is 35.5. The Morgan fingerprint density at radius 3 is 1.74 bits per heavy atom. The lowest BCUT2D eigenvalue weighted by Crippen LogP contribution is -2.11. The first kappa shape index (κ1) is 22.6. The van der Waals surface area contributed by atoms with E-state index in [4.69, 9.17) is 11.6 Å². The lowest BCUT2D eigenvalue weighted by Gasteiger charge is -2.20. The summed E-state index contributed by atoms with van der Waals surface area (Å²) < 4.78 is 0. The molecule has 0 atom stereocenters. The third-order valence-corrected chi connectivity index (χ3v) is 5.03. The zero-order valence-electron chi connectivity index (χ0n) is 18.6. The van der Waals surface area contributed by atoms with Gasteiger partial charge in [0.2, 0.25) is 11.6 Å². The summed E-state index contributed by atoms with van der Waals surface area (Å²) in [6.45, 7) is 12.9. The summed E-state index contributed by atoms with van der Waals surface area (Å²) >= 11 is 6.24. The molecule has 31 heavy (non-hydrogen) atoms. The minimum atomic E-state index is 0.0346. The summed E-state index contributed by atoms with van der Waals surface area (Å²) in [6, 6.07) is 14.1. The van der Waals surface area contributed by atoms with Crippen LogP contribution in [0.2, 0.25) is 5.02 Å². The molecule has 8 nitrogen and oxygen atoms in total. The van der Waals surface area contributed by atoms with Crippen molar-refractivity contribution < 1.29 is 0 Å². The number of hydrogen-bond acceptors (Lipinski definition) is 6. The van der Waals surface area contributed by atoms with Crippen molar-refractivity contribution >= 4 is 11.6 Å². The van der Waals surface area contributed by atoms with Crippen molar-refractivity contribution in [3.8, 4) is 22.8 Å². The van der Waals surface area contributed by atoms with E-state index in [9.17, 15) is 0 Å². The molecule has 0 radical (unpaired) electrons. The average molecular weight is 439 g/mol. The zero-order valence-corrected chi connectivity index (χ0v) is 19.4. The molecule has 0 bridgehead atoms. The average Bonchev–Trinajstić information content (AvgIpc) is 3.41. The molecule has 4 rings (SSSR count). The molecule has 9 heteroatoms. The molecule has 2 aromatic heterocycles. The molecular formula is C22H27ClN8. The Kier molecular flexibility index (Phi) is 6.50. The van der Waals surface area contributed by atoms with Crippen LogP contribution in [0.25, 0.3) is 22.8 Å². The third kappa shape index (κ3) is 5.73. The van der Waals surface area contributed by atoms with Crippen LogP contribution in [0.5, 0.6) is 0 Å². The van der Waals surface area contributed by atoms with Crippen LogP contribution in [-0.4, -0.2) is 41.2 Å². The number of rotatable bonds is 2. The largest absolute Gasteiger partial charge is 0.204 e. The first-order chi connectivity index (χ1) is 14.6. The third-order valence-electron chi connectivity index (χ3n) is 4.71. The predicted octanol–water partition coefficient (Wildman–Crippen LogP) is 4.98. The second kappa shape index (κ2) is 8.93. The van der Waals surface area contributed by atoms with Crippen LogP contribution in [-0.2, 0) is 10.8 Å². The Balaban J connectivity index is 0.000000176. The highest BCUT2D eigenvalue weighted by molar-refractivity contribution is 6.31. The van der Waals surface area contributed by atoms with Crippen molar-refractivity contribution in [2.75, 3.05) is 0 Å². The Labute approximate surface area is 186 Å². The lowest BCUT2D eigenvalue weighted by molar-refractivity contribution is 0.590. The number of tetrazole rings is 2. The number of aromatic amines is 2. The summed E-state index contributed by atoms with van der Waals surface area (Å²) in [6.07, 6.45) is 0. The monoisotopic (exact) mass is 438 g/mol. The zero-order chi connectivity index (χ0) is 22.6. The van der Waals surface area contributed by atoms with E-state index in [2.05, 4.69) is 94.9 Å². The van der Waals surface area contributed by atoms with Crippen molar-refractivity contribution in [2.24, 2.45) is 0 Å². The van der Waals surface area contributed by atoms with Gasteiger partial charge >= 0.3 is 0 Å². The van der Waals surface area contributed by atoms with Crippen molar-refractivity contribution in [1.29, 1.82) is 0 Å². The number of halogens is 1. The van der Waals surface area contributed by atoms with E-state index >= 15 is 0 Å². The maximum absolute atomic E-state index is 6.24. The summed E-state index contributed by atoms with van der Waals surface area (Å²) in [5.41, 5.74) is 4.42. The second-order valence-corrected chi connectivity index (χ2v) is 9.65.